The van der Waals surface area contributed by atoms with Gasteiger partial charge >= 0.3 is 0 Å². The highest BCUT2D eigenvalue weighted by atomic mass is 19.1. The standard InChI is InChI=1S/C23H35FN2O/c1-22(2,3)21(27)26-14-10-20(11-15-26)25-17-23(12-5-4-6-13-23)18-8-7-9-19(24)16-18/h7-9,16,20,25H,4-6,10-15,17H2,1-3H3. The number of halogens is 1. The van der Waals surface area contributed by atoms with E-state index in [2.05, 4.69) is 11.4 Å². The van der Waals surface area contributed by atoms with Crippen molar-refractivity contribution in [3.8, 4) is 0 Å². The van der Waals surface area contributed by atoms with Gasteiger partial charge in [0.2, 0.25) is 5.91 Å². The van der Waals surface area contributed by atoms with Crippen LogP contribution in [0.1, 0.15) is 71.3 Å². The van der Waals surface area contributed by atoms with E-state index in [1.165, 1.54) is 25.3 Å². The van der Waals surface area contributed by atoms with Crippen LogP contribution in [0, 0.1) is 11.2 Å². The van der Waals surface area contributed by atoms with Gasteiger partial charge in [-0.2, -0.15) is 0 Å². The molecule has 0 unspecified atom stereocenters. The van der Waals surface area contributed by atoms with Crippen LogP contribution in [-0.2, 0) is 10.2 Å². The van der Waals surface area contributed by atoms with Gasteiger partial charge < -0.3 is 10.2 Å². The van der Waals surface area contributed by atoms with Crippen LogP contribution in [-0.4, -0.2) is 36.5 Å². The number of carbonyl (C=O) groups is 1. The summed E-state index contributed by atoms with van der Waals surface area (Å²) in [6, 6.07) is 7.66. The first-order valence-corrected chi connectivity index (χ1v) is 10.6. The van der Waals surface area contributed by atoms with Gasteiger partial charge in [-0.3, -0.25) is 4.79 Å². The van der Waals surface area contributed by atoms with Crippen molar-refractivity contribution in [3.05, 3.63) is 35.6 Å². The smallest absolute Gasteiger partial charge is 0.227 e. The van der Waals surface area contributed by atoms with Gasteiger partial charge in [-0.1, -0.05) is 52.2 Å². The van der Waals surface area contributed by atoms with E-state index in [9.17, 15) is 9.18 Å². The summed E-state index contributed by atoms with van der Waals surface area (Å²) in [5, 5.41) is 3.79. The summed E-state index contributed by atoms with van der Waals surface area (Å²) < 4.78 is 13.8. The minimum Gasteiger partial charge on any atom is -0.342 e. The molecule has 3 nitrogen and oxygen atoms in total. The van der Waals surface area contributed by atoms with E-state index in [0.29, 0.717) is 6.04 Å². The Balaban J connectivity index is 1.60. The predicted molar refractivity (Wildman–Crippen MR) is 108 cm³/mol. The second-order valence-corrected chi connectivity index (χ2v) is 9.55. The first-order valence-electron chi connectivity index (χ1n) is 10.6. The SMILES string of the molecule is CC(C)(C)C(=O)N1CCC(NCC2(c3cccc(F)c3)CCCCC2)CC1. The number of hydrogen-bond donors (Lipinski definition) is 1. The average Bonchev–Trinajstić information content (AvgIpc) is 2.66. The van der Waals surface area contributed by atoms with E-state index >= 15 is 0 Å². The first-order chi connectivity index (χ1) is 12.8. The van der Waals surface area contributed by atoms with Crippen molar-refractivity contribution in [3.63, 3.8) is 0 Å². The van der Waals surface area contributed by atoms with Crippen LogP contribution in [0.5, 0.6) is 0 Å². The molecular weight excluding hydrogens is 339 g/mol. The van der Waals surface area contributed by atoms with Crippen LogP contribution >= 0.6 is 0 Å². The number of benzene rings is 1. The third-order valence-electron chi connectivity index (χ3n) is 6.40. The second-order valence-electron chi connectivity index (χ2n) is 9.55. The summed E-state index contributed by atoms with van der Waals surface area (Å²) in [6.07, 6.45) is 7.98. The molecule has 0 atom stereocenters. The molecule has 1 amide bonds. The summed E-state index contributed by atoms with van der Waals surface area (Å²) in [6.45, 7) is 8.55. The minimum absolute atomic E-state index is 0.0543. The van der Waals surface area contributed by atoms with Gasteiger partial charge in [-0.15, -0.1) is 0 Å². The maximum Gasteiger partial charge on any atom is 0.227 e. The van der Waals surface area contributed by atoms with E-state index in [4.69, 9.17) is 0 Å². The van der Waals surface area contributed by atoms with Crippen LogP contribution in [0.3, 0.4) is 0 Å². The molecule has 0 radical (unpaired) electrons. The molecule has 1 aliphatic heterocycles. The second kappa shape index (κ2) is 8.30. The lowest BCUT2D eigenvalue weighted by molar-refractivity contribution is -0.140. The van der Waals surface area contributed by atoms with E-state index < -0.39 is 0 Å². The highest BCUT2D eigenvalue weighted by Crippen LogP contribution is 2.39. The van der Waals surface area contributed by atoms with E-state index in [-0.39, 0.29) is 22.6 Å². The fourth-order valence-corrected chi connectivity index (χ4v) is 4.72. The molecule has 0 bridgehead atoms. The lowest BCUT2D eigenvalue weighted by Crippen LogP contribution is -2.50. The Kier molecular flexibility index (Phi) is 6.25. The molecule has 2 aliphatic rings. The van der Waals surface area contributed by atoms with Gasteiger partial charge in [0.05, 0.1) is 0 Å². The number of amides is 1. The lowest BCUT2D eigenvalue weighted by atomic mass is 9.69. The minimum atomic E-state index is -0.302. The van der Waals surface area contributed by atoms with Crippen LogP contribution in [0.25, 0.3) is 0 Å². The first kappa shape index (κ1) is 20.3. The number of nitrogens with one attached hydrogen (secondary N) is 1. The Labute approximate surface area is 163 Å². The summed E-state index contributed by atoms with van der Waals surface area (Å²) in [4.78, 5) is 14.5. The summed E-state index contributed by atoms with van der Waals surface area (Å²) in [5.41, 5.74) is 0.901. The third kappa shape index (κ3) is 4.90. The molecule has 150 valence electrons. The maximum atomic E-state index is 13.8. The molecule has 1 aromatic carbocycles. The number of rotatable bonds is 4. The quantitative estimate of drug-likeness (QED) is 0.832. The molecule has 1 saturated carbocycles. The molecule has 0 aromatic heterocycles. The van der Waals surface area contributed by atoms with E-state index in [0.717, 1.165) is 50.9 Å². The summed E-state index contributed by atoms with van der Waals surface area (Å²) in [7, 11) is 0. The van der Waals surface area contributed by atoms with Crippen molar-refractivity contribution in [1.29, 1.82) is 0 Å². The van der Waals surface area contributed by atoms with Crippen molar-refractivity contribution >= 4 is 5.91 Å². The van der Waals surface area contributed by atoms with Crippen molar-refractivity contribution in [1.82, 2.24) is 10.2 Å². The average molecular weight is 375 g/mol. The fraction of sp³-hybridized carbons (Fsp3) is 0.696. The zero-order chi connectivity index (χ0) is 19.5. The molecule has 3 rings (SSSR count). The Morgan fingerprint density at radius 3 is 2.44 bits per heavy atom. The molecule has 1 aliphatic carbocycles. The highest BCUT2D eigenvalue weighted by Gasteiger charge is 2.35. The van der Waals surface area contributed by atoms with Gasteiger partial charge in [0.15, 0.2) is 0 Å². The normalized spacial score (nSPS) is 21.3. The van der Waals surface area contributed by atoms with E-state index in [1.54, 1.807) is 6.07 Å². The van der Waals surface area contributed by atoms with Crippen LogP contribution in [0.2, 0.25) is 0 Å². The Hall–Kier alpha value is -1.42. The zero-order valence-corrected chi connectivity index (χ0v) is 17.2. The van der Waals surface area contributed by atoms with Gasteiger partial charge in [0.25, 0.3) is 0 Å². The van der Waals surface area contributed by atoms with E-state index in [1.807, 2.05) is 31.7 Å². The highest BCUT2D eigenvalue weighted by molar-refractivity contribution is 5.81. The fourth-order valence-electron chi connectivity index (χ4n) is 4.72. The molecule has 1 aromatic rings. The van der Waals surface area contributed by atoms with Crippen LogP contribution < -0.4 is 5.32 Å². The summed E-state index contributed by atoms with van der Waals surface area (Å²) >= 11 is 0. The molecule has 2 fully saturated rings. The van der Waals surface area contributed by atoms with Crippen LogP contribution in [0.15, 0.2) is 24.3 Å². The zero-order valence-electron chi connectivity index (χ0n) is 17.2. The van der Waals surface area contributed by atoms with Crippen LogP contribution in [0.4, 0.5) is 4.39 Å². The Morgan fingerprint density at radius 1 is 1.19 bits per heavy atom. The number of piperidine rings is 1. The molecule has 1 saturated heterocycles. The predicted octanol–water partition coefficient (Wildman–Crippen LogP) is 4.65. The molecular formula is C23H35FN2O. The molecule has 4 heteroatoms. The van der Waals surface area contributed by atoms with Crippen molar-refractivity contribution < 1.29 is 9.18 Å². The number of hydrogen-bond acceptors (Lipinski definition) is 2. The lowest BCUT2D eigenvalue weighted by Gasteiger charge is -2.41. The molecule has 0 spiro atoms. The van der Waals surface area contributed by atoms with Gasteiger partial charge in [0, 0.05) is 36.5 Å². The van der Waals surface area contributed by atoms with Crippen molar-refractivity contribution in [2.24, 2.45) is 5.41 Å². The monoisotopic (exact) mass is 374 g/mol. The van der Waals surface area contributed by atoms with Gasteiger partial charge in [0.1, 0.15) is 5.82 Å². The van der Waals surface area contributed by atoms with Crippen molar-refractivity contribution in [2.75, 3.05) is 19.6 Å². The Morgan fingerprint density at radius 2 is 1.85 bits per heavy atom. The largest absolute Gasteiger partial charge is 0.342 e. The van der Waals surface area contributed by atoms with Gasteiger partial charge in [-0.05, 0) is 43.4 Å². The molecule has 1 N–H and O–H groups in total. The Bertz CT molecular complexity index is 638. The van der Waals surface area contributed by atoms with Crippen molar-refractivity contribution in [2.45, 2.75) is 77.2 Å². The number of nitrogens with zero attached hydrogens (tertiary/aromatic N) is 1. The number of carbonyl (C=O) groups excluding carboxylic acids is 1. The molecule has 1 heterocycles. The third-order valence-corrected chi connectivity index (χ3v) is 6.40. The topological polar surface area (TPSA) is 32.3 Å². The number of likely N-dealkylation sites (tertiary alicyclic amines) is 1. The maximum absolute atomic E-state index is 13.8. The molecule has 27 heavy (non-hydrogen) atoms. The van der Waals surface area contributed by atoms with Gasteiger partial charge in [-0.25, -0.2) is 4.39 Å². The summed E-state index contributed by atoms with van der Waals surface area (Å²) in [5.74, 6) is 0.121.